The number of nitrogen functional groups attached to an aromatic ring is 1. The lowest BCUT2D eigenvalue weighted by Crippen LogP contribution is -1.95. The summed E-state index contributed by atoms with van der Waals surface area (Å²) in [6.45, 7) is 5.69. The molecule has 2 aromatic rings. The minimum absolute atomic E-state index is 0.779. The van der Waals surface area contributed by atoms with Gasteiger partial charge in [0.2, 0.25) is 0 Å². The highest BCUT2D eigenvalue weighted by Crippen LogP contribution is 2.27. The summed E-state index contributed by atoms with van der Waals surface area (Å²) >= 11 is 0. The number of anilines is 1. The molecule has 0 atom stereocenters. The monoisotopic (exact) mass is 210 g/mol. The number of aryl methyl sites for hydroxylation is 1. The van der Waals surface area contributed by atoms with Crippen molar-refractivity contribution >= 4 is 22.7 Å². The molecule has 0 saturated carbocycles. The molecule has 2 nitrogen and oxygen atoms in total. The summed E-state index contributed by atoms with van der Waals surface area (Å²) in [5.41, 5.74) is 10.0. The summed E-state index contributed by atoms with van der Waals surface area (Å²) in [7, 11) is 0. The molecule has 1 aromatic heterocycles. The molecule has 0 amide bonds. The second-order valence-electron chi connectivity index (χ2n) is 3.69. The average molecular weight is 210 g/mol. The lowest BCUT2D eigenvalue weighted by Gasteiger charge is -2.08. The average Bonchev–Trinajstić information content (AvgIpc) is 2.29. The molecule has 2 heteroatoms. The highest BCUT2D eigenvalue weighted by molar-refractivity contribution is 5.95. The van der Waals surface area contributed by atoms with Crippen LogP contribution in [0.4, 0.5) is 5.69 Å². The predicted octanol–water partition coefficient (Wildman–Crippen LogP) is 3.32. The highest BCUT2D eigenvalue weighted by Gasteiger charge is 2.05. The van der Waals surface area contributed by atoms with E-state index in [0.29, 0.717) is 0 Å². The molecule has 0 aliphatic rings. The first-order valence-electron chi connectivity index (χ1n) is 5.17. The Hall–Kier alpha value is -2.09. The summed E-state index contributed by atoms with van der Waals surface area (Å²) in [6, 6.07) is 5.94. The van der Waals surface area contributed by atoms with Crippen molar-refractivity contribution in [3.8, 4) is 0 Å². The van der Waals surface area contributed by atoms with Crippen molar-refractivity contribution in [2.45, 2.75) is 6.92 Å². The summed E-state index contributed by atoms with van der Waals surface area (Å²) in [6.07, 6.45) is 7.39. The van der Waals surface area contributed by atoms with Crippen LogP contribution in [0.15, 0.2) is 43.1 Å². The third-order valence-corrected chi connectivity index (χ3v) is 2.60. The molecule has 0 saturated heterocycles. The molecule has 80 valence electrons. The largest absolute Gasteiger partial charge is 0.398 e. The van der Waals surface area contributed by atoms with Crippen molar-refractivity contribution in [1.29, 1.82) is 0 Å². The zero-order valence-electron chi connectivity index (χ0n) is 9.27. The van der Waals surface area contributed by atoms with Gasteiger partial charge in [0.1, 0.15) is 0 Å². The van der Waals surface area contributed by atoms with E-state index in [9.17, 15) is 0 Å². The van der Waals surface area contributed by atoms with Crippen LogP contribution in [0.25, 0.3) is 17.0 Å². The SMILES string of the molecule is C=C/C=C\c1c(C)cc2ncccc2c1N. The van der Waals surface area contributed by atoms with Crippen molar-refractivity contribution < 1.29 is 0 Å². The van der Waals surface area contributed by atoms with Crippen LogP contribution >= 0.6 is 0 Å². The molecule has 0 radical (unpaired) electrons. The van der Waals surface area contributed by atoms with Crippen LogP contribution in [0.2, 0.25) is 0 Å². The van der Waals surface area contributed by atoms with E-state index >= 15 is 0 Å². The first-order valence-corrected chi connectivity index (χ1v) is 5.17. The second kappa shape index (κ2) is 4.19. The summed E-state index contributed by atoms with van der Waals surface area (Å²) in [4.78, 5) is 4.30. The molecule has 2 rings (SSSR count). The van der Waals surface area contributed by atoms with Gasteiger partial charge in [-0.25, -0.2) is 0 Å². The number of hydrogen-bond donors (Lipinski definition) is 1. The van der Waals surface area contributed by atoms with Crippen LogP contribution in [0.3, 0.4) is 0 Å². The molecule has 2 N–H and O–H groups in total. The number of fused-ring (bicyclic) bond motifs is 1. The molecular formula is C14H14N2. The number of nitrogens with two attached hydrogens (primary N) is 1. The number of aromatic nitrogens is 1. The molecule has 0 bridgehead atoms. The Balaban J connectivity index is 2.75. The van der Waals surface area contributed by atoms with Crippen LogP contribution in [0.1, 0.15) is 11.1 Å². The fourth-order valence-electron chi connectivity index (χ4n) is 1.79. The normalized spacial score (nSPS) is 11.1. The third-order valence-electron chi connectivity index (χ3n) is 2.60. The molecule has 0 unspecified atom stereocenters. The van der Waals surface area contributed by atoms with E-state index in [1.54, 1.807) is 12.3 Å². The quantitative estimate of drug-likeness (QED) is 0.610. The summed E-state index contributed by atoms with van der Waals surface area (Å²) in [5, 5.41) is 0.997. The maximum Gasteiger partial charge on any atom is 0.0725 e. The molecule has 1 aromatic carbocycles. The lowest BCUT2D eigenvalue weighted by atomic mass is 10.0. The lowest BCUT2D eigenvalue weighted by molar-refractivity contribution is 1.38. The zero-order valence-corrected chi connectivity index (χ0v) is 9.27. The first-order chi connectivity index (χ1) is 7.74. The minimum Gasteiger partial charge on any atom is -0.398 e. The van der Waals surface area contributed by atoms with E-state index in [0.717, 1.165) is 27.7 Å². The van der Waals surface area contributed by atoms with Gasteiger partial charge in [0.25, 0.3) is 0 Å². The van der Waals surface area contributed by atoms with Crippen molar-refractivity contribution in [3.05, 3.63) is 54.3 Å². The van der Waals surface area contributed by atoms with Gasteiger partial charge in [-0.1, -0.05) is 24.8 Å². The Morgan fingerprint density at radius 1 is 1.44 bits per heavy atom. The number of hydrogen-bond acceptors (Lipinski definition) is 2. The maximum atomic E-state index is 6.14. The predicted molar refractivity (Wildman–Crippen MR) is 70.1 cm³/mol. The molecule has 0 aliphatic carbocycles. The molecule has 1 heterocycles. The van der Waals surface area contributed by atoms with Gasteiger partial charge in [-0.2, -0.15) is 0 Å². The van der Waals surface area contributed by atoms with Crippen molar-refractivity contribution in [2.75, 3.05) is 5.73 Å². The number of allylic oxidation sites excluding steroid dienone is 2. The van der Waals surface area contributed by atoms with Crippen molar-refractivity contribution in [3.63, 3.8) is 0 Å². The van der Waals surface area contributed by atoms with Crippen molar-refractivity contribution in [1.82, 2.24) is 4.98 Å². The van der Waals surface area contributed by atoms with Gasteiger partial charge in [-0.05, 0) is 30.7 Å². The van der Waals surface area contributed by atoms with E-state index in [1.165, 1.54) is 0 Å². The van der Waals surface area contributed by atoms with E-state index in [2.05, 4.69) is 17.6 Å². The van der Waals surface area contributed by atoms with Crippen LogP contribution in [0.5, 0.6) is 0 Å². The topological polar surface area (TPSA) is 38.9 Å². The van der Waals surface area contributed by atoms with Gasteiger partial charge in [0.15, 0.2) is 0 Å². The highest BCUT2D eigenvalue weighted by atomic mass is 14.7. The van der Waals surface area contributed by atoms with Crippen LogP contribution in [0, 0.1) is 6.92 Å². The molecule has 0 fully saturated rings. The Kier molecular flexibility index (Phi) is 2.73. The first kappa shape index (κ1) is 10.4. The Morgan fingerprint density at radius 2 is 2.25 bits per heavy atom. The molecular weight excluding hydrogens is 196 g/mol. The van der Waals surface area contributed by atoms with Gasteiger partial charge in [-0.15, -0.1) is 0 Å². The number of pyridine rings is 1. The maximum absolute atomic E-state index is 6.14. The van der Waals surface area contributed by atoms with Crippen LogP contribution in [-0.2, 0) is 0 Å². The Labute approximate surface area is 95.1 Å². The smallest absolute Gasteiger partial charge is 0.0725 e. The van der Waals surface area contributed by atoms with E-state index in [4.69, 9.17) is 5.73 Å². The number of rotatable bonds is 2. The standard InChI is InChI=1S/C14H14N2/c1-3-4-6-11-10(2)9-13-12(14(11)15)7-5-8-16-13/h3-9H,1,15H2,2H3/b6-4-. The van der Waals surface area contributed by atoms with E-state index in [1.807, 2.05) is 31.2 Å². The fourth-order valence-corrected chi connectivity index (χ4v) is 1.79. The molecule has 16 heavy (non-hydrogen) atoms. The summed E-state index contributed by atoms with van der Waals surface area (Å²) in [5.74, 6) is 0. The van der Waals surface area contributed by atoms with Crippen LogP contribution in [-0.4, -0.2) is 4.98 Å². The van der Waals surface area contributed by atoms with E-state index in [-0.39, 0.29) is 0 Å². The number of benzene rings is 1. The van der Waals surface area contributed by atoms with Crippen molar-refractivity contribution in [2.24, 2.45) is 0 Å². The molecule has 0 spiro atoms. The van der Waals surface area contributed by atoms with Gasteiger partial charge in [0, 0.05) is 22.8 Å². The zero-order chi connectivity index (χ0) is 11.5. The van der Waals surface area contributed by atoms with Gasteiger partial charge < -0.3 is 5.73 Å². The van der Waals surface area contributed by atoms with Gasteiger partial charge >= 0.3 is 0 Å². The van der Waals surface area contributed by atoms with Crippen LogP contribution < -0.4 is 5.73 Å². The minimum atomic E-state index is 0.779. The fraction of sp³-hybridized carbons (Fsp3) is 0.0714. The van der Waals surface area contributed by atoms with Gasteiger partial charge in [0.05, 0.1) is 5.52 Å². The Bertz CT molecular complexity index is 568. The third kappa shape index (κ3) is 1.70. The molecule has 0 aliphatic heterocycles. The van der Waals surface area contributed by atoms with Gasteiger partial charge in [-0.3, -0.25) is 4.98 Å². The Morgan fingerprint density at radius 3 is 3.00 bits per heavy atom. The van der Waals surface area contributed by atoms with E-state index < -0.39 is 0 Å². The number of nitrogens with zero attached hydrogens (tertiary/aromatic N) is 1. The second-order valence-corrected chi connectivity index (χ2v) is 3.69. The summed E-state index contributed by atoms with van der Waals surface area (Å²) < 4.78 is 0.